The summed E-state index contributed by atoms with van der Waals surface area (Å²) < 4.78 is 46.4. The molecule has 1 N–H and O–H groups in total. The minimum absolute atomic E-state index is 0.0396. The van der Waals surface area contributed by atoms with Crippen molar-refractivity contribution in [3.8, 4) is 11.4 Å². The quantitative estimate of drug-likeness (QED) is 0.446. The second kappa shape index (κ2) is 9.66. The number of carbonyl (C=O) groups is 1. The molecule has 0 spiro atoms. The summed E-state index contributed by atoms with van der Waals surface area (Å²) in [6.07, 6.45) is -4.55. The Morgan fingerprint density at radius 3 is 2.49 bits per heavy atom. The van der Waals surface area contributed by atoms with Gasteiger partial charge in [-0.25, -0.2) is 9.97 Å². The maximum atomic E-state index is 13.3. The van der Waals surface area contributed by atoms with Crippen LogP contribution < -0.4 is 15.8 Å². The normalized spacial score (nSPS) is 14.1. The van der Waals surface area contributed by atoms with E-state index in [-0.39, 0.29) is 33.7 Å². The van der Waals surface area contributed by atoms with Gasteiger partial charge in [-0.05, 0) is 36.4 Å². The Morgan fingerprint density at radius 2 is 1.73 bits per heavy atom. The van der Waals surface area contributed by atoms with E-state index in [1.807, 2.05) is 11.0 Å². The number of alkyl halides is 3. The standard InChI is InChI=1S/C26H22F3N5O3/c1-33-23(16-5-2-6-17(15-16)26(27,28)29)32-22-18(25(33)36)7-3-8-19(22)31-24(35)20-9-4-10-21(30-20)34-11-13-37-14-12-34/h2-10,15H,11-14H2,1H3,(H,31,35). The highest BCUT2D eigenvalue weighted by Gasteiger charge is 2.31. The zero-order valence-corrected chi connectivity index (χ0v) is 19.7. The lowest BCUT2D eigenvalue weighted by atomic mass is 10.1. The fourth-order valence-corrected chi connectivity index (χ4v) is 4.19. The van der Waals surface area contributed by atoms with Crippen molar-refractivity contribution in [2.75, 3.05) is 36.5 Å². The third-order valence-corrected chi connectivity index (χ3v) is 6.10. The Labute approximate surface area is 209 Å². The minimum Gasteiger partial charge on any atom is -0.378 e. The van der Waals surface area contributed by atoms with Crippen LogP contribution in [0.2, 0.25) is 0 Å². The number of carbonyl (C=O) groups excluding carboxylic acids is 1. The maximum absolute atomic E-state index is 13.3. The molecule has 1 fully saturated rings. The van der Waals surface area contributed by atoms with Crippen molar-refractivity contribution in [3.05, 3.63) is 82.3 Å². The highest BCUT2D eigenvalue weighted by atomic mass is 19.4. The molecule has 1 aliphatic rings. The molecule has 0 aliphatic carbocycles. The summed E-state index contributed by atoms with van der Waals surface area (Å²) in [5.74, 6) is 0.177. The monoisotopic (exact) mass is 509 g/mol. The SMILES string of the molecule is Cn1c(-c2cccc(C(F)(F)F)c2)nc2c(NC(=O)c3cccc(N4CCOCC4)n3)cccc2c1=O. The Bertz CT molecular complexity index is 1550. The number of fused-ring (bicyclic) bond motifs is 1. The molecule has 3 heterocycles. The average molecular weight is 509 g/mol. The molecule has 1 saturated heterocycles. The number of hydrogen-bond acceptors (Lipinski definition) is 6. The molecular weight excluding hydrogens is 487 g/mol. The van der Waals surface area contributed by atoms with E-state index in [0.717, 1.165) is 12.1 Å². The number of aromatic nitrogens is 3. The molecule has 190 valence electrons. The highest BCUT2D eigenvalue weighted by molar-refractivity contribution is 6.07. The molecule has 1 aliphatic heterocycles. The van der Waals surface area contributed by atoms with Crippen LogP contribution in [-0.2, 0) is 18.0 Å². The Morgan fingerprint density at radius 1 is 1.00 bits per heavy atom. The molecule has 5 rings (SSSR count). The molecule has 0 radical (unpaired) electrons. The number of para-hydroxylation sites is 1. The maximum Gasteiger partial charge on any atom is 0.416 e. The number of halogens is 3. The van der Waals surface area contributed by atoms with Crippen LogP contribution in [-0.4, -0.2) is 46.7 Å². The molecule has 4 aromatic rings. The second-order valence-electron chi connectivity index (χ2n) is 8.51. The van der Waals surface area contributed by atoms with E-state index in [9.17, 15) is 22.8 Å². The van der Waals surface area contributed by atoms with Gasteiger partial charge in [0.2, 0.25) is 0 Å². The molecule has 11 heteroatoms. The van der Waals surface area contributed by atoms with E-state index >= 15 is 0 Å². The fourth-order valence-electron chi connectivity index (χ4n) is 4.19. The third kappa shape index (κ3) is 4.90. The van der Waals surface area contributed by atoms with Gasteiger partial charge < -0.3 is 15.0 Å². The van der Waals surface area contributed by atoms with Gasteiger partial charge in [-0.1, -0.05) is 24.3 Å². The van der Waals surface area contributed by atoms with Crippen LogP contribution in [0.3, 0.4) is 0 Å². The van der Waals surface area contributed by atoms with E-state index in [2.05, 4.69) is 15.3 Å². The van der Waals surface area contributed by atoms with Crippen LogP contribution in [0.25, 0.3) is 22.3 Å². The molecule has 0 saturated carbocycles. The average Bonchev–Trinajstić information content (AvgIpc) is 2.91. The van der Waals surface area contributed by atoms with Crippen LogP contribution in [0.4, 0.5) is 24.7 Å². The summed E-state index contributed by atoms with van der Waals surface area (Å²) in [5, 5.41) is 2.97. The molecule has 0 bridgehead atoms. The number of benzene rings is 2. The Hall–Kier alpha value is -4.25. The van der Waals surface area contributed by atoms with Gasteiger partial charge in [0, 0.05) is 25.7 Å². The second-order valence-corrected chi connectivity index (χ2v) is 8.51. The molecule has 37 heavy (non-hydrogen) atoms. The number of hydrogen-bond donors (Lipinski definition) is 1. The van der Waals surface area contributed by atoms with Gasteiger partial charge >= 0.3 is 6.18 Å². The van der Waals surface area contributed by atoms with E-state index in [1.165, 1.54) is 23.7 Å². The lowest BCUT2D eigenvalue weighted by Crippen LogP contribution is -2.37. The van der Waals surface area contributed by atoms with Crippen molar-refractivity contribution in [2.45, 2.75) is 6.18 Å². The van der Waals surface area contributed by atoms with Crippen LogP contribution in [0.1, 0.15) is 16.1 Å². The van der Waals surface area contributed by atoms with E-state index in [0.29, 0.717) is 32.1 Å². The first-order valence-corrected chi connectivity index (χ1v) is 11.5. The van der Waals surface area contributed by atoms with Crippen LogP contribution in [0, 0.1) is 0 Å². The summed E-state index contributed by atoms with van der Waals surface area (Å²) in [6, 6.07) is 14.4. The molecule has 8 nitrogen and oxygen atoms in total. The van der Waals surface area contributed by atoms with Crippen molar-refractivity contribution in [3.63, 3.8) is 0 Å². The van der Waals surface area contributed by atoms with Gasteiger partial charge in [-0.3, -0.25) is 14.2 Å². The summed E-state index contributed by atoms with van der Waals surface area (Å²) >= 11 is 0. The van der Waals surface area contributed by atoms with Gasteiger partial charge in [-0.2, -0.15) is 13.2 Å². The molecule has 1 amide bonds. The number of morpholine rings is 1. The Balaban J connectivity index is 1.53. The lowest BCUT2D eigenvalue weighted by Gasteiger charge is -2.27. The summed E-state index contributed by atoms with van der Waals surface area (Å²) in [6.45, 7) is 2.46. The number of amides is 1. The van der Waals surface area contributed by atoms with Gasteiger partial charge in [0.05, 0.1) is 29.9 Å². The number of nitrogens with one attached hydrogen (secondary N) is 1. The van der Waals surface area contributed by atoms with Gasteiger partial charge in [0.1, 0.15) is 22.9 Å². The summed E-state index contributed by atoms with van der Waals surface area (Å²) in [5.41, 5.74) is -0.615. The van der Waals surface area contributed by atoms with Gasteiger partial charge in [0.25, 0.3) is 11.5 Å². The smallest absolute Gasteiger partial charge is 0.378 e. The zero-order valence-electron chi connectivity index (χ0n) is 19.7. The highest BCUT2D eigenvalue weighted by Crippen LogP contribution is 2.32. The van der Waals surface area contributed by atoms with Crippen LogP contribution in [0.5, 0.6) is 0 Å². The molecular formula is C26H22F3N5O3. The fraction of sp³-hybridized carbons (Fsp3) is 0.231. The molecule has 0 atom stereocenters. The van der Waals surface area contributed by atoms with Crippen molar-refractivity contribution in [1.29, 1.82) is 0 Å². The largest absolute Gasteiger partial charge is 0.416 e. The molecule has 2 aromatic heterocycles. The van der Waals surface area contributed by atoms with Crippen molar-refractivity contribution >= 4 is 28.3 Å². The number of pyridine rings is 1. The van der Waals surface area contributed by atoms with Crippen molar-refractivity contribution in [1.82, 2.24) is 14.5 Å². The van der Waals surface area contributed by atoms with E-state index < -0.39 is 23.2 Å². The number of ether oxygens (including phenoxy) is 1. The predicted molar refractivity (Wildman–Crippen MR) is 133 cm³/mol. The topological polar surface area (TPSA) is 89.3 Å². The Kier molecular flexibility index (Phi) is 6.38. The van der Waals surface area contributed by atoms with E-state index in [4.69, 9.17) is 4.74 Å². The number of nitrogens with zero attached hydrogens (tertiary/aromatic N) is 4. The minimum atomic E-state index is -4.55. The zero-order chi connectivity index (χ0) is 26.2. The first-order valence-electron chi connectivity index (χ1n) is 11.5. The third-order valence-electron chi connectivity index (χ3n) is 6.10. The van der Waals surface area contributed by atoms with Crippen molar-refractivity contribution < 1.29 is 22.7 Å². The number of anilines is 2. The summed E-state index contributed by atoms with van der Waals surface area (Å²) in [7, 11) is 1.44. The van der Waals surface area contributed by atoms with Crippen molar-refractivity contribution in [2.24, 2.45) is 7.05 Å². The first-order chi connectivity index (χ1) is 17.7. The van der Waals surface area contributed by atoms with Gasteiger partial charge in [0.15, 0.2) is 0 Å². The van der Waals surface area contributed by atoms with Gasteiger partial charge in [-0.15, -0.1) is 0 Å². The molecule has 2 aromatic carbocycles. The van der Waals surface area contributed by atoms with Crippen LogP contribution in [0.15, 0.2) is 65.5 Å². The number of rotatable bonds is 4. The lowest BCUT2D eigenvalue weighted by molar-refractivity contribution is -0.137. The van der Waals surface area contributed by atoms with E-state index in [1.54, 1.807) is 30.3 Å². The van der Waals surface area contributed by atoms with Crippen LogP contribution >= 0.6 is 0 Å². The predicted octanol–water partition coefficient (Wildman–Crippen LogP) is 4.10. The molecule has 0 unspecified atom stereocenters. The first kappa shape index (κ1) is 24.4. The summed E-state index contributed by atoms with van der Waals surface area (Å²) in [4.78, 5) is 37.2.